The smallest absolute Gasteiger partial charge is 0.332 e. The fourth-order valence-corrected chi connectivity index (χ4v) is 3.06. The van der Waals surface area contributed by atoms with E-state index in [1.54, 1.807) is 0 Å². The van der Waals surface area contributed by atoms with Gasteiger partial charge in [0.05, 0.1) is 13.2 Å². The monoisotopic (exact) mass is 351 g/mol. The number of nitrogens with zero attached hydrogens (tertiary/aromatic N) is 6. The first-order chi connectivity index (χ1) is 11.5. The average Bonchev–Trinajstić information content (AvgIpc) is 3.08. The van der Waals surface area contributed by atoms with Crippen LogP contribution in [0.25, 0.3) is 0 Å². The van der Waals surface area contributed by atoms with Crippen LogP contribution in [0.4, 0.5) is 10.8 Å². The molecule has 0 amide bonds. The zero-order chi connectivity index (χ0) is 17.3. The van der Waals surface area contributed by atoms with Gasteiger partial charge >= 0.3 is 5.69 Å². The van der Waals surface area contributed by atoms with E-state index in [-0.39, 0.29) is 11.7 Å². The number of anilines is 1. The Balaban J connectivity index is 2.00. The highest BCUT2D eigenvalue weighted by atomic mass is 32.1. The molecule has 2 aromatic heterocycles. The molecule has 3 rings (SSSR count). The van der Waals surface area contributed by atoms with Crippen LogP contribution >= 0.6 is 11.5 Å². The normalized spacial score (nSPS) is 15.8. The van der Waals surface area contributed by atoms with Gasteiger partial charge in [0.25, 0.3) is 5.56 Å². The maximum absolute atomic E-state index is 12.0. The fourth-order valence-electron chi connectivity index (χ4n) is 2.33. The second-order valence-electron chi connectivity index (χ2n) is 5.26. The average molecular weight is 351 g/mol. The van der Waals surface area contributed by atoms with Crippen LogP contribution in [0, 0.1) is 0 Å². The van der Waals surface area contributed by atoms with Gasteiger partial charge < -0.3 is 15.4 Å². The molecule has 24 heavy (non-hydrogen) atoms. The van der Waals surface area contributed by atoms with Crippen LogP contribution < -0.4 is 21.9 Å². The Morgan fingerprint density at radius 3 is 2.71 bits per heavy atom. The van der Waals surface area contributed by atoms with E-state index in [2.05, 4.69) is 19.5 Å². The lowest BCUT2D eigenvalue weighted by Gasteiger charge is -2.27. The van der Waals surface area contributed by atoms with Gasteiger partial charge in [-0.2, -0.15) is 0 Å². The molecule has 1 aliphatic heterocycles. The number of aliphatic imine (C=N–C) groups is 1. The zero-order valence-electron chi connectivity index (χ0n) is 13.3. The number of ether oxygens (including phenoxy) is 1. The Bertz CT molecular complexity index is 892. The van der Waals surface area contributed by atoms with Crippen LogP contribution in [0.2, 0.25) is 0 Å². The molecule has 10 nitrogen and oxygen atoms in total. The molecule has 2 aromatic rings. The largest absolute Gasteiger partial charge is 0.382 e. The van der Waals surface area contributed by atoms with Gasteiger partial charge in [-0.3, -0.25) is 13.9 Å². The van der Waals surface area contributed by atoms with Crippen molar-refractivity contribution in [2.45, 2.75) is 0 Å². The topological polar surface area (TPSA) is 121 Å². The fraction of sp³-hybridized carbons (Fsp3) is 0.462. The highest BCUT2D eigenvalue weighted by molar-refractivity contribution is 7.10. The molecule has 11 heteroatoms. The van der Waals surface area contributed by atoms with Crippen molar-refractivity contribution in [2.75, 3.05) is 31.2 Å². The summed E-state index contributed by atoms with van der Waals surface area (Å²) in [6.07, 6.45) is 0. The van der Waals surface area contributed by atoms with E-state index in [0.717, 1.165) is 9.57 Å². The molecular formula is C13H17N7O3S. The Hall–Kier alpha value is -2.53. The van der Waals surface area contributed by atoms with Crippen LogP contribution in [0.1, 0.15) is 5.69 Å². The highest BCUT2D eigenvalue weighted by Crippen LogP contribution is 2.24. The number of morpholine rings is 1. The molecule has 0 spiro atoms. The number of hydrogen-bond acceptors (Lipinski definition) is 8. The molecule has 1 fully saturated rings. The predicted octanol–water partition coefficient (Wildman–Crippen LogP) is -1.19. The maximum Gasteiger partial charge on any atom is 0.332 e. The molecule has 2 N–H and O–H groups in total. The van der Waals surface area contributed by atoms with Gasteiger partial charge in [-0.1, -0.05) is 4.49 Å². The lowest BCUT2D eigenvalue weighted by atomic mass is 10.3. The van der Waals surface area contributed by atoms with E-state index >= 15 is 0 Å². The summed E-state index contributed by atoms with van der Waals surface area (Å²) in [6, 6.07) is 1.25. The first kappa shape index (κ1) is 16.3. The van der Waals surface area contributed by atoms with Gasteiger partial charge in [0, 0.05) is 44.8 Å². The van der Waals surface area contributed by atoms with Gasteiger partial charge in [-0.05, 0) is 0 Å². The standard InChI is InChI=1S/C13H17N7O3S/c1-18-8(7-9(21)19(2)13(18)22)15-11(14)10-12(24-17-16-10)20-3-5-23-6-4-20/h7H,3-6H2,1-2H3,(H2,14,15). The molecule has 1 saturated heterocycles. The summed E-state index contributed by atoms with van der Waals surface area (Å²) in [5.74, 6) is 0.273. The molecule has 0 unspecified atom stereocenters. The molecule has 0 aliphatic carbocycles. The number of amidine groups is 1. The SMILES string of the molecule is Cn1c(/N=C(/N)c2nnsc2N2CCOCC2)cc(=O)n(C)c1=O. The third kappa shape index (κ3) is 2.95. The number of aromatic nitrogens is 4. The number of nitrogens with two attached hydrogens (primary N) is 1. The summed E-state index contributed by atoms with van der Waals surface area (Å²) >= 11 is 1.22. The zero-order valence-corrected chi connectivity index (χ0v) is 14.1. The lowest BCUT2D eigenvalue weighted by molar-refractivity contribution is 0.123. The molecule has 0 saturated carbocycles. The molecule has 0 radical (unpaired) electrons. The molecule has 0 atom stereocenters. The van der Waals surface area contributed by atoms with Crippen LogP contribution in [0.15, 0.2) is 20.6 Å². The van der Waals surface area contributed by atoms with Gasteiger partial charge in [0.2, 0.25) is 0 Å². The molecular weight excluding hydrogens is 334 g/mol. The summed E-state index contributed by atoms with van der Waals surface area (Å²) in [6.45, 7) is 2.68. The van der Waals surface area contributed by atoms with Crippen LogP contribution in [-0.4, -0.2) is 50.9 Å². The van der Waals surface area contributed by atoms with Crippen molar-refractivity contribution in [3.8, 4) is 0 Å². The van der Waals surface area contributed by atoms with E-state index in [4.69, 9.17) is 10.5 Å². The van der Waals surface area contributed by atoms with Crippen molar-refractivity contribution in [1.29, 1.82) is 0 Å². The summed E-state index contributed by atoms with van der Waals surface area (Å²) < 4.78 is 11.5. The van der Waals surface area contributed by atoms with Crippen molar-refractivity contribution < 1.29 is 4.74 Å². The van der Waals surface area contributed by atoms with Crippen molar-refractivity contribution in [3.63, 3.8) is 0 Å². The lowest BCUT2D eigenvalue weighted by Crippen LogP contribution is -2.37. The van der Waals surface area contributed by atoms with Crippen molar-refractivity contribution in [2.24, 2.45) is 24.8 Å². The molecule has 3 heterocycles. The van der Waals surface area contributed by atoms with E-state index in [0.29, 0.717) is 32.0 Å². The quantitative estimate of drug-likeness (QED) is 0.545. The van der Waals surface area contributed by atoms with Crippen LogP contribution in [-0.2, 0) is 18.8 Å². The maximum atomic E-state index is 12.0. The molecule has 0 bridgehead atoms. The second kappa shape index (κ2) is 6.53. The minimum absolute atomic E-state index is 0.105. The third-order valence-corrected chi connectivity index (χ3v) is 4.54. The third-order valence-electron chi connectivity index (χ3n) is 3.75. The number of rotatable bonds is 3. The number of hydrogen-bond donors (Lipinski definition) is 1. The van der Waals surface area contributed by atoms with Gasteiger partial charge in [0.1, 0.15) is 10.8 Å². The molecule has 1 aliphatic rings. The van der Waals surface area contributed by atoms with E-state index in [1.807, 2.05) is 0 Å². The summed E-state index contributed by atoms with van der Waals surface area (Å²) in [5, 5.41) is 4.84. The van der Waals surface area contributed by atoms with Crippen LogP contribution in [0.3, 0.4) is 0 Å². The predicted molar refractivity (Wildman–Crippen MR) is 90.2 cm³/mol. The van der Waals surface area contributed by atoms with Crippen molar-refractivity contribution in [1.82, 2.24) is 18.7 Å². The second-order valence-corrected chi connectivity index (χ2v) is 6.00. The first-order valence-corrected chi connectivity index (χ1v) is 8.03. The Kier molecular flexibility index (Phi) is 4.44. The van der Waals surface area contributed by atoms with E-state index in [1.165, 1.54) is 36.3 Å². The van der Waals surface area contributed by atoms with Gasteiger partial charge in [0.15, 0.2) is 11.5 Å². The van der Waals surface area contributed by atoms with Crippen LogP contribution in [0.5, 0.6) is 0 Å². The van der Waals surface area contributed by atoms with Gasteiger partial charge in [-0.15, -0.1) is 5.10 Å². The minimum atomic E-state index is -0.473. The summed E-state index contributed by atoms with van der Waals surface area (Å²) in [4.78, 5) is 30.0. The molecule has 128 valence electrons. The summed E-state index contributed by atoms with van der Waals surface area (Å²) in [7, 11) is 2.93. The highest BCUT2D eigenvalue weighted by Gasteiger charge is 2.21. The van der Waals surface area contributed by atoms with E-state index in [9.17, 15) is 9.59 Å². The Morgan fingerprint density at radius 2 is 2.00 bits per heavy atom. The van der Waals surface area contributed by atoms with Crippen molar-refractivity contribution >= 4 is 28.2 Å². The van der Waals surface area contributed by atoms with Gasteiger partial charge in [-0.25, -0.2) is 9.79 Å². The summed E-state index contributed by atoms with van der Waals surface area (Å²) in [5.41, 5.74) is 5.58. The Labute approximate surface area is 141 Å². The minimum Gasteiger partial charge on any atom is -0.382 e. The van der Waals surface area contributed by atoms with Crippen molar-refractivity contribution in [3.05, 3.63) is 32.6 Å². The first-order valence-electron chi connectivity index (χ1n) is 7.25. The van der Waals surface area contributed by atoms with E-state index < -0.39 is 11.2 Å². The Morgan fingerprint density at radius 1 is 1.29 bits per heavy atom. The molecule has 0 aromatic carbocycles.